The zero-order valence-corrected chi connectivity index (χ0v) is 15.9. The summed E-state index contributed by atoms with van der Waals surface area (Å²) in [7, 11) is -3.73. The maximum absolute atomic E-state index is 13.1. The highest BCUT2D eigenvalue weighted by atomic mass is 32.2. The van der Waals surface area contributed by atoms with Gasteiger partial charge in [-0.3, -0.25) is 4.79 Å². The molecule has 26 heavy (non-hydrogen) atoms. The van der Waals surface area contributed by atoms with Crippen LogP contribution >= 0.6 is 0 Å². The number of rotatable bonds is 6. The highest BCUT2D eigenvalue weighted by Crippen LogP contribution is 2.23. The van der Waals surface area contributed by atoms with E-state index in [4.69, 9.17) is 9.47 Å². The van der Waals surface area contributed by atoms with Crippen molar-refractivity contribution in [3.8, 4) is 0 Å². The summed E-state index contributed by atoms with van der Waals surface area (Å²) in [5, 5.41) is 0. The molecular formula is C18H26N2O5S. The first-order valence-electron chi connectivity index (χ1n) is 9.12. The van der Waals surface area contributed by atoms with E-state index in [-0.39, 0.29) is 22.5 Å². The molecular weight excluding hydrogens is 356 g/mol. The smallest absolute Gasteiger partial charge is 0.255 e. The Hall–Kier alpha value is -1.48. The first-order chi connectivity index (χ1) is 12.5. The van der Waals surface area contributed by atoms with Gasteiger partial charge in [-0.2, -0.15) is 4.31 Å². The van der Waals surface area contributed by atoms with Crippen LogP contribution in [-0.2, 0) is 19.5 Å². The van der Waals surface area contributed by atoms with Crippen LogP contribution in [-0.4, -0.2) is 75.6 Å². The molecule has 1 amide bonds. The number of ether oxygens (including phenoxy) is 2. The van der Waals surface area contributed by atoms with Crippen LogP contribution in [0.1, 0.15) is 30.1 Å². The van der Waals surface area contributed by atoms with Crippen molar-refractivity contribution in [2.75, 3.05) is 46.0 Å². The molecule has 2 heterocycles. The highest BCUT2D eigenvalue weighted by Gasteiger charge is 2.32. The highest BCUT2D eigenvalue weighted by molar-refractivity contribution is 7.89. The van der Waals surface area contributed by atoms with Crippen LogP contribution in [0.5, 0.6) is 0 Å². The molecule has 2 aliphatic heterocycles. The van der Waals surface area contributed by atoms with Crippen LogP contribution in [0.3, 0.4) is 0 Å². The first-order valence-corrected chi connectivity index (χ1v) is 10.6. The fourth-order valence-electron chi connectivity index (χ4n) is 3.35. The number of hydrogen-bond acceptors (Lipinski definition) is 5. The predicted molar refractivity (Wildman–Crippen MR) is 96.6 cm³/mol. The van der Waals surface area contributed by atoms with Crippen molar-refractivity contribution in [3.63, 3.8) is 0 Å². The maximum atomic E-state index is 13.1. The van der Waals surface area contributed by atoms with Gasteiger partial charge in [-0.15, -0.1) is 0 Å². The minimum atomic E-state index is -3.73. The summed E-state index contributed by atoms with van der Waals surface area (Å²) in [5.41, 5.74) is 0.221. The molecule has 0 saturated carbocycles. The molecule has 0 aliphatic carbocycles. The van der Waals surface area contributed by atoms with E-state index >= 15 is 0 Å². The van der Waals surface area contributed by atoms with Crippen molar-refractivity contribution in [1.82, 2.24) is 9.21 Å². The predicted octanol–water partition coefficient (Wildman–Crippen LogP) is 1.35. The number of benzene rings is 1. The van der Waals surface area contributed by atoms with E-state index in [1.165, 1.54) is 10.4 Å². The zero-order valence-electron chi connectivity index (χ0n) is 15.1. The van der Waals surface area contributed by atoms with Crippen molar-refractivity contribution in [2.24, 2.45) is 0 Å². The maximum Gasteiger partial charge on any atom is 0.255 e. The number of carbonyl (C=O) groups is 1. The van der Waals surface area contributed by atoms with Gasteiger partial charge in [0.05, 0.1) is 29.8 Å². The second-order valence-corrected chi connectivity index (χ2v) is 8.40. The topological polar surface area (TPSA) is 76.2 Å². The molecule has 1 atom stereocenters. The van der Waals surface area contributed by atoms with Crippen molar-refractivity contribution in [3.05, 3.63) is 29.8 Å². The number of nitrogens with zero attached hydrogens (tertiary/aromatic N) is 2. The molecule has 2 aliphatic rings. The number of likely N-dealkylation sites (N-methyl/N-ethyl adjacent to an activating group) is 1. The minimum absolute atomic E-state index is 0.0295. The van der Waals surface area contributed by atoms with E-state index in [0.29, 0.717) is 39.4 Å². The lowest BCUT2D eigenvalue weighted by atomic mass is 10.1. The number of morpholine rings is 1. The van der Waals surface area contributed by atoms with Crippen LogP contribution in [0.2, 0.25) is 0 Å². The van der Waals surface area contributed by atoms with Crippen molar-refractivity contribution >= 4 is 15.9 Å². The van der Waals surface area contributed by atoms with Crippen LogP contribution in [0.4, 0.5) is 0 Å². The number of sulfonamides is 1. The number of carbonyl (C=O) groups excluding carboxylic acids is 1. The molecule has 0 radical (unpaired) electrons. The summed E-state index contributed by atoms with van der Waals surface area (Å²) in [6.07, 6.45) is 1.96. The van der Waals surface area contributed by atoms with E-state index in [0.717, 1.165) is 19.4 Å². The Kier molecular flexibility index (Phi) is 6.29. The fraction of sp³-hybridized carbons (Fsp3) is 0.611. The van der Waals surface area contributed by atoms with Crippen molar-refractivity contribution < 1.29 is 22.7 Å². The Morgan fingerprint density at radius 1 is 1.23 bits per heavy atom. The van der Waals surface area contributed by atoms with Gasteiger partial charge in [0, 0.05) is 32.8 Å². The molecule has 0 bridgehead atoms. The van der Waals surface area contributed by atoms with E-state index in [9.17, 15) is 13.2 Å². The van der Waals surface area contributed by atoms with E-state index in [1.54, 1.807) is 23.1 Å². The third kappa shape index (κ3) is 4.09. The Balaban J connectivity index is 1.86. The van der Waals surface area contributed by atoms with Crippen molar-refractivity contribution in [2.45, 2.75) is 30.8 Å². The van der Waals surface area contributed by atoms with Gasteiger partial charge in [0.25, 0.3) is 5.91 Å². The SMILES string of the molecule is CCN(CC1CCCO1)C(=O)c1ccccc1S(=O)(=O)N1CCOCC1. The molecule has 8 heteroatoms. The summed E-state index contributed by atoms with van der Waals surface area (Å²) < 4.78 is 38.3. The van der Waals surface area contributed by atoms with E-state index in [2.05, 4.69) is 0 Å². The fourth-order valence-corrected chi connectivity index (χ4v) is 4.95. The Labute approximate surface area is 154 Å². The molecule has 1 aromatic rings. The molecule has 2 saturated heterocycles. The van der Waals surface area contributed by atoms with Crippen LogP contribution in [0.25, 0.3) is 0 Å². The molecule has 144 valence electrons. The Morgan fingerprint density at radius 2 is 1.96 bits per heavy atom. The summed E-state index contributed by atoms with van der Waals surface area (Å²) in [6, 6.07) is 6.46. The molecule has 3 rings (SSSR count). The monoisotopic (exact) mass is 382 g/mol. The van der Waals surface area contributed by atoms with Gasteiger partial charge in [-0.05, 0) is 31.9 Å². The molecule has 1 aromatic carbocycles. The summed E-state index contributed by atoms with van der Waals surface area (Å²) >= 11 is 0. The Morgan fingerprint density at radius 3 is 2.62 bits per heavy atom. The second kappa shape index (κ2) is 8.47. The summed E-state index contributed by atoms with van der Waals surface area (Å²) in [6.45, 7) is 4.96. The van der Waals surface area contributed by atoms with Crippen LogP contribution in [0.15, 0.2) is 29.2 Å². The van der Waals surface area contributed by atoms with E-state index in [1.807, 2.05) is 6.92 Å². The van der Waals surface area contributed by atoms with Crippen molar-refractivity contribution in [1.29, 1.82) is 0 Å². The molecule has 7 nitrogen and oxygen atoms in total. The average Bonchev–Trinajstić information content (AvgIpc) is 3.19. The number of amides is 1. The van der Waals surface area contributed by atoms with Gasteiger partial charge in [-0.25, -0.2) is 8.42 Å². The van der Waals surface area contributed by atoms with Gasteiger partial charge in [0.2, 0.25) is 10.0 Å². The lowest BCUT2D eigenvalue weighted by molar-refractivity contribution is 0.0535. The third-order valence-corrected chi connectivity index (χ3v) is 6.78. The van der Waals surface area contributed by atoms with E-state index < -0.39 is 10.0 Å². The standard InChI is InChI=1S/C18H26N2O5S/c1-2-19(14-15-6-5-11-25-15)18(21)16-7-3-4-8-17(16)26(22,23)20-9-12-24-13-10-20/h3-4,7-8,15H,2,5-6,9-14H2,1H3. The molecule has 2 fully saturated rings. The van der Waals surface area contributed by atoms with Gasteiger partial charge in [-0.1, -0.05) is 12.1 Å². The van der Waals surface area contributed by atoms with Gasteiger partial charge in [0.15, 0.2) is 0 Å². The van der Waals surface area contributed by atoms with Gasteiger partial charge >= 0.3 is 0 Å². The average molecular weight is 382 g/mol. The molecule has 0 N–H and O–H groups in total. The Bertz CT molecular complexity index is 725. The third-order valence-electron chi connectivity index (χ3n) is 4.82. The second-order valence-electron chi connectivity index (χ2n) is 6.49. The summed E-state index contributed by atoms with van der Waals surface area (Å²) in [4.78, 5) is 14.8. The largest absolute Gasteiger partial charge is 0.379 e. The van der Waals surface area contributed by atoms with Gasteiger partial charge in [0.1, 0.15) is 0 Å². The van der Waals surface area contributed by atoms with Crippen LogP contribution in [0, 0.1) is 0 Å². The summed E-state index contributed by atoms with van der Waals surface area (Å²) in [5.74, 6) is -0.268. The molecule has 1 unspecified atom stereocenters. The molecule has 0 spiro atoms. The first kappa shape index (κ1) is 19.3. The minimum Gasteiger partial charge on any atom is -0.379 e. The lowest BCUT2D eigenvalue weighted by Crippen LogP contribution is -2.42. The van der Waals surface area contributed by atoms with Gasteiger partial charge < -0.3 is 14.4 Å². The lowest BCUT2D eigenvalue weighted by Gasteiger charge is -2.28. The van der Waals surface area contributed by atoms with Crippen LogP contribution < -0.4 is 0 Å². The molecule has 0 aromatic heterocycles. The number of hydrogen-bond donors (Lipinski definition) is 0. The quantitative estimate of drug-likeness (QED) is 0.742. The normalized spacial score (nSPS) is 21.7. The zero-order chi connectivity index (χ0) is 18.6.